The van der Waals surface area contributed by atoms with Crippen molar-refractivity contribution in [1.29, 1.82) is 0 Å². The first kappa shape index (κ1) is 17.7. The highest BCUT2D eigenvalue weighted by molar-refractivity contribution is 7.87. The zero-order valence-electron chi connectivity index (χ0n) is 15.0. The van der Waals surface area contributed by atoms with E-state index in [-0.39, 0.29) is 23.7 Å². The largest absolute Gasteiger partial charge is 0.372 e. The van der Waals surface area contributed by atoms with Gasteiger partial charge in [0.15, 0.2) is 4.93 Å². The highest BCUT2D eigenvalue weighted by atomic mass is 32.2. The van der Waals surface area contributed by atoms with E-state index in [9.17, 15) is 22.9 Å². The SMILES string of the molecule is C[C@]12CC[C@@](O)(S(=O)(=O)O)CC1=CC[C@@H]1[C@@H]2CC[C@]2(C)C(=O)CC[C@@H]12. The van der Waals surface area contributed by atoms with Gasteiger partial charge in [0.1, 0.15) is 5.78 Å². The zero-order chi connectivity index (χ0) is 18.3. The summed E-state index contributed by atoms with van der Waals surface area (Å²) >= 11 is 0. The normalized spacial score (nSPS) is 49.8. The highest BCUT2D eigenvalue weighted by Gasteiger charge is 2.60. The first-order valence-electron chi connectivity index (χ1n) is 9.43. The summed E-state index contributed by atoms with van der Waals surface area (Å²) in [6, 6.07) is 0. The molecule has 140 valence electrons. The van der Waals surface area contributed by atoms with Crippen LogP contribution in [0.4, 0.5) is 0 Å². The second-order valence-electron chi connectivity index (χ2n) is 9.28. The lowest BCUT2D eigenvalue weighted by Gasteiger charge is -2.57. The van der Waals surface area contributed by atoms with E-state index in [1.807, 2.05) is 0 Å². The highest BCUT2D eigenvalue weighted by Crippen LogP contribution is 2.64. The maximum atomic E-state index is 12.4. The van der Waals surface area contributed by atoms with Crippen molar-refractivity contribution >= 4 is 15.9 Å². The Morgan fingerprint density at radius 1 is 1.08 bits per heavy atom. The van der Waals surface area contributed by atoms with E-state index in [1.54, 1.807) is 0 Å². The third kappa shape index (κ3) is 2.26. The quantitative estimate of drug-likeness (QED) is 0.548. The van der Waals surface area contributed by atoms with Gasteiger partial charge in [0.25, 0.3) is 10.1 Å². The smallest absolute Gasteiger partial charge is 0.295 e. The molecule has 0 aromatic rings. The fraction of sp³-hybridized carbons (Fsp3) is 0.842. The Morgan fingerprint density at radius 2 is 1.76 bits per heavy atom. The van der Waals surface area contributed by atoms with Crippen LogP contribution in [-0.4, -0.2) is 28.8 Å². The fourth-order valence-electron chi connectivity index (χ4n) is 6.61. The van der Waals surface area contributed by atoms with E-state index in [2.05, 4.69) is 19.9 Å². The average Bonchev–Trinajstić information content (AvgIpc) is 2.83. The van der Waals surface area contributed by atoms with Gasteiger partial charge in [0.05, 0.1) is 0 Å². The fourth-order valence-corrected chi connectivity index (χ4v) is 7.31. The first-order valence-corrected chi connectivity index (χ1v) is 10.9. The van der Waals surface area contributed by atoms with Gasteiger partial charge in [-0.3, -0.25) is 9.35 Å². The van der Waals surface area contributed by atoms with Crippen LogP contribution in [0.2, 0.25) is 0 Å². The molecule has 0 radical (unpaired) electrons. The lowest BCUT2D eigenvalue weighted by molar-refractivity contribution is -0.132. The third-order valence-electron chi connectivity index (χ3n) is 8.32. The summed E-state index contributed by atoms with van der Waals surface area (Å²) in [6.07, 6.45) is 7.18. The number of Topliss-reactive ketones (excluding diaryl/α,β-unsaturated/α-hetero) is 1. The molecule has 25 heavy (non-hydrogen) atoms. The molecule has 0 aromatic heterocycles. The summed E-state index contributed by atoms with van der Waals surface area (Å²) in [5.74, 6) is 1.74. The molecule has 3 saturated carbocycles. The molecule has 5 nitrogen and oxygen atoms in total. The topological polar surface area (TPSA) is 91.7 Å². The Balaban J connectivity index is 1.68. The predicted molar refractivity (Wildman–Crippen MR) is 93.2 cm³/mol. The van der Waals surface area contributed by atoms with Crippen LogP contribution >= 0.6 is 0 Å². The molecule has 0 amide bonds. The van der Waals surface area contributed by atoms with Crippen LogP contribution in [0.25, 0.3) is 0 Å². The summed E-state index contributed by atoms with van der Waals surface area (Å²) in [6.45, 7) is 4.33. The number of hydrogen-bond acceptors (Lipinski definition) is 4. The summed E-state index contributed by atoms with van der Waals surface area (Å²) in [4.78, 5) is 10.4. The minimum atomic E-state index is -4.49. The number of carbonyl (C=O) groups is 1. The lowest BCUT2D eigenvalue weighted by atomic mass is 9.48. The molecule has 0 aromatic carbocycles. The number of ketones is 1. The summed E-state index contributed by atoms with van der Waals surface area (Å²) in [7, 11) is -4.49. The van der Waals surface area contributed by atoms with Gasteiger partial charge in [0, 0.05) is 18.3 Å². The van der Waals surface area contributed by atoms with Crippen LogP contribution in [-0.2, 0) is 14.9 Å². The van der Waals surface area contributed by atoms with Gasteiger partial charge in [-0.05, 0) is 61.7 Å². The Bertz CT molecular complexity index is 756. The van der Waals surface area contributed by atoms with Crippen molar-refractivity contribution in [2.45, 2.75) is 70.1 Å². The standard InChI is InChI=1S/C19H28O5S/c1-17-9-10-19(21,25(22,23)24)11-12(17)3-4-13-14-5-6-16(20)18(14,2)8-7-15(13)17/h3,13-15,21H,4-11H2,1-2H3,(H,22,23,24)/t13-,14-,15-,17-,18-,19+/m0/s1. The molecular formula is C19H28O5S. The van der Waals surface area contributed by atoms with Gasteiger partial charge >= 0.3 is 0 Å². The van der Waals surface area contributed by atoms with E-state index in [0.29, 0.717) is 36.4 Å². The maximum absolute atomic E-state index is 12.4. The molecule has 0 heterocycles. The van der Waals surface area contributed by atoms with Crippen LogP contribution in [0.15, 0.2) is 11.6 Å². The molecular weight excluding hydrogens is 340 g/mol. The van der Waals surface area contributed by atoms with Crippen LogP contribution in [0.3, 0.4) is 0 Å². The molecule has 4 aliphatic rings. The second-order valence-corrected chi connectivity index (χ2v) is 11.0. The number of hydrogen-bond donors (Lipinski definition) is 2. The van der Waals surface area contributed by atoms with Gasteiger partial charge in [-0.15, -0.1) is 0 Å². The lowest BCUT2D eigenvalue weighted by Crippen LogP contribution is -2.53. The number of carbonyl (C=O) groups excluding carboxylic acids is 1. The Hall–Kier alpha value is -0.720. The monoisotopic (exact) mass is 368 g/mol. The van der Waals surface area contributed by atoms with E-state index >= 15 is 0 Å². The minimum Gasteiger partial charge on any atom is -0.372 e. The van der Waals surface area contributed by atoms with E-state index in [4.69, 9.17) is 0 Å². The van der Waals surface area contributed by atoms with Crippen molar-refractivity contribution in [3.63, 3.8) is 0 Å². The van der Waals surface area contributed by atoms with Crippen LogP contribution in [0.1, 0.15) is 65.2 Å². The Morgan fingerprint density at radius 3 is 2.44 bits per heavy atom. The summed E-state index contributed by atoms with van der Waals surface area (Å²) in [5, 5.41) is 10.5. The molecule has 4 rings (SSSR count). The Labute approximate surface area is 149 Å². The molecule has 0 saturated heterocycles. The average molecular weight is 368 g/mol. The van der Waals surface area contributed by atoms with Crippen molar-refractivity contribution in [1.82, 2.24) is 0 Å². The third-order valence-corrected chi connectivity index (χ3v) is 9.63. The van der Waals surface area contributed by atoms with Crippen molar-refractivity contribution < 1.29 is 22.9 Å². The molecule has 0 spiro atoms. The van der Waals surface area contributed by atoms with Crippen LogP contribution in [0, 0.1) is 28.6 Å². The maximum Gasteiger partial charge on any atom is 0.295 e. The van der Waals surface area contributed by atoms with Gasteiger partial charge in [-0.1, -0.05) is 25.5 Å². The van der Waals surface area contributed by atoms with E-state index < -0.39 is 15.1 Å². The number of allylic oxidation sites excluding steroid dienone is 1. The number of rotatable bonds is 1. The first-order chi connectivity index (χ1) is 11.5. The molecule has 6 atom stereocenters. The Kier molecular flexibility index (Phi) is 3.66. The molecule has 0 bridgehead atoms. The molecule has 2 N–H and O–H groups in total. The van der Waals surface area contributed by atoms with Crippen LogP contribution in [0.5, 0.6) is 0 Å². The van der Waals surface area contributed by atoms with Crippen molar-refractivity contribution in [2.75, 3.05) is 0 Å². The zero-order valence-corrected chi connectivity index (χ0v) is 15.8. The molecule has 6 heteroatoms. The van der Waals surface area contributed by atoms with E-state index in [1.165, 1.54) is 0 Å². The van der Waals surface area contributed by atoms with Gasteiger partial charge < -0.3 is 5.11 Å². The van der Waals surface area contributed by atoms with Gasteiger partial charge in [0.2, 0.25) is 0 Å². The predicted octanol–water partition coefficient (Wildman–Crippen LogP) is 3.09. The number of fused-ring (bicyclic) bond motifs is 5. The molecule has 4 aliphatic carbocycles. The molecule has 0 unspecified atom stereocenters. The van der Waals surface area contributed by atoms with Crippen molar-refractivity contribution in [3.8, 4) is 0 Å². The second kappa shape index (κ2) is 5.17. The summed E-state index contributed by atoms with van der Waals surface area (Å²) < 4.78 is 32.7. The van der Waals surface area contributed by atoms with E-state index in [0.717, 1.165) is 31.3 Å². The van der Waals surface area contributed by atoms with Gasteiger partial charge in [-0.2, -0.15) is 8.42 Å². The van der Waals surface area contributed by atoms with Crippen LogP contribution < -0.4 is 0 Å². The van der Waals surface area contributed by atoms with Crippen molar-refractivity contribution in [2.24, 2.45) is 28.6 Å². The molecule has 3 fully saturated rings. The van der Waals surface area contributed by atoms with Gasteiger partial charge in [-0.25, -0.2) is 0 Å². The number of aliphatic hydroxyl groups is 1. The minimum absolute atomic E-state index is 0.00637. The summed E-state index contributed by atoms with van der Waals surface area (Å²) in [5.41, 5.74) is 0.674. The van der Waals surface area contributed by atoms with Crippen molar-refractivity contribution in [3.05, 3.63) is 11.6 Å². The molecule has 0 aliphatic heterocycles.